The predicted molar refractivity (Wildman–Crippen MR) is 53.0 cm³/mol. The van der Waals surface area contributed by atoms with Crippen LogP contribution in [0.4, 0.5) is 4.39 Å². The number of hydrogen-bond donors (Lipinski definition) is 1. The van der Waals surface area contributed by atoms with E-state index in [1.54, 1.807) is 0 Å². The number of halogens is 2. The second-order valence-electron chi connectivity index (χ2n) is 3.40. The summed E-state index contributed by atoms with van der Waals surface area (Å²) < 4.78 is 18.6. The first-order chi connectivity index (χ1) is 6.63. The first-order valence-electron chi connectivity index (χ1n) is 4.54. The molecule has 2 N–H and O–H groups in total. The van der Waals surface area contributed by atoms with Gasteiger partial charge >= 0.3 is 0 Å². The van der Waals surface area contributed by atoms with Crippen molar-refractivity contribution in [3.63, 3.8) is 0 Å². The molecular weight excluding hydrogens is 205 g/mol. The van der Waals surface area contributed by atoms with Gasteiger partial charge in [0, 0.05) is 5.56 Å². The van der Waals surface area contributed by atoms with E-state index in [1.165, 1.54) is 12.1 Å². The van der Waals surface area contributed by atoms with Gasteiger partial charge in [-0.1, -0.05) is 18.5 Å². The Morgan fingerprint density at radius 1 is 1.57 bits per heavy atom. The largest absolute Gasteiger partial charge is 0.487 e. The van der Waals surface area contributed by atoms with Gasteiger partial charge in [-0.25, -0.2) is 4.39 Å². The number of benzene rings is 1. The molecule has 1 aliphatic rings. The molecule has 14 heavy (non-hydrogen) atoms. The molecule has 1 aromatic rings. The van der Waals surface area contributed by atoms with E-state index in [4.69, 9.17) is 22.1 Å². The Morgan fingerprint density at radius 2 is 2.29 bits per heavy atom. The summed E-state index contributed by atoms with van der Waals surface area (Å²) in [6, 6.07) is 2.36. The molecule has 1 aromatic carbocycles. The standard InChI is InChI=1S/C10H11ClFNO/c1-2-8-9(13)6-3-5(12)4-7(11)10(6)14-8/h3-4,8-9H,2,13H2,1H3. The highest BCUT2D eigenvalue weighted by Gasteiger charge is 2.32. The van der Waals surface area contributed by atoms with Gasteiger partial charge in [-0.2, -0.15) is 0 Å². The molecule has 2 rings (SSSR count). The molecule has 76 valence electrons. The Balaban J connectivity index is 2.48. The van der Waals surface area contributed by atoms with E-state index in [0.717, 1.165) is 6.42 Å². The van der Waals surface area contributed by atoms with E-state index in [1.807, 2.05) is 6.92 Å². The maximum absolute atomic E-state index is 13.0. The highest BCUT2D eigenvalue weighted by atomic mass is 35.5. The van der Waals surface area contributed by atoms with Crippen LogP contribution in [0.1, 0.15) is 24.9 Å². The molecule has 0 bridgehead atoms. The van der Waals surface area contributed by atoms with Crippen LogP contribution in [-0.2, 0) is 0 Å². The van der Waals surface area contributed by atoms with Crippen LogP contribution in [0, 0.1) is 5.82 Å². The molecule has 2 atom stereocenters. The molecule has 0 spiro atoms. The zero-order valence-corrected chi connectivity index (χ0v) is 8.51. The molecule has 2 unspecified atom stereocenters. The van der Waals surface area contributed by atoms with Gasteiger partial charge in [0.15, 0.2) is 0 Å². The van der Waals surface area contributed by atoms with Crippen LogP contribution >= 0.6 is 11.6 Å². The van der Waals surface area contributed by atoms with Gasteiger partial charge in [0.2, 0.25) is 0 Å². The number of hydrogen-bond acceptors (Lipinski definition) is 2. The van der Waals surface area contributed by atoms with Gasteiger partial charge in [0.25, 0.3) is 0 Å². The number of ether oxygens (including phenoxy) is 1. The lowest BCUT2D eigenvalue weighted by Gasteiger charge is -2.11. The van der Waals surface area contributed by atoms with Crippen molar-refractivity contribution < 1.29 is 9.13 Å². The Kier molecular flexibility index (Phi) is 2.37. The average molecular weight is 216 g/mol. The summed E-state index contributed by atoms with van der Waals surface area (Å²) in [6.45, 7) is 1.97. The summed E-state index contributed by atoms with van der Waals surface area (Å²) in [5, 5.41) is 0.298. The summed E-state index contributed by atoms with van der Waals surface area (Å²) in [5.41, 5.74) is 6.56. The Bertz CT molecular complexity index is 369. The third-order valence-corrected chi connectivity index (χ3v) is 2.75. The van der Waals surface area contributed by atoms with Crippen LogP contribution in [0.2, 0.25) is 5.02 Å². The van der Waals surface area contributed by atoms with Gasteiger partial charge in [0.05, 0.1) is 11.1 Å². The van der Waals surface area contributed by atoms with Crippen LogP contribution in [0.5, 0.6) is 5.75 Å². The van der Waals surface area contributed by atoms with Crippen LogP contribution in [-0.4, -0.2) is 6.10 Å². The van der Waals surface area contributed by atoms with E-state index >= 15 is 0 Å². The fourth-order valence-corrected chi connectivity index (χ4v) is 1.97. The minimum absolute atomic E-state index is 0.0932. The molecule has 0 saturated carbocycles. The van der Waals surface area contributed by atoms with E-state index in [0.29, 0.717) is 16.3 Å². The normalized spacial score (nSPS) is 24.6. The van der Waals surface area contributed by atoms with Crippen molar-refractivity contribution in [3.05, 3.63) is 28.5 Å². The lowest BCUT2D eigenvalue weighted by molar-refractivity contribution is 0.202. The van der Waals surface area contributed by atoms with E-state index < -0.39 is 0 Å². The molecule has 1 aliphatic heterocycles. The van der Waals surface area contributed by atoms with Crippen LogP contribution < -0.4 is 10.5 Å². The van der Waals surface area contributed by atoms with Gasteiger partial charge in [-0.3, -0.25) is 0 Å². The molecule has 4 heteroatoms. The van der Waals surface area contributed by atoms with Crippen molar-refractivity contribution in [2.45, 2.75) is 25.5 Å². The molecule has 0 aromatic heterocycles. The number of fused-ring (bicyclic) bond motifs is 1. The van der Waals surface area contributed by atoms with Crippen molar-refractivity contribution in [3.8, 4) is 5.75 Å². The Morgan fingerprint density at radius 3 is 2.93 bits per heavy atom. The summed E-state index contributed by atoms with van der Waals surface area (Å²) in [6.07, 6.45) is 0.692. The van der Waals surface area contributed by atoms with Gasteiger partial charge in [-0.05, 0) is 18.6 Å². The third kappa shape index (κ3) is 1.37. The minimum atomic E-state index is -0.371. The highest BCUT2D eigenvalue weighted by Crippen LogP contribution is 2.41. The fraction of sp³-hybridized carbons (Fsp3) is 0.400. The van der Waals surface area contributed by atoms with Crippen molar-refractivity contribution in [1.29, 1.82) is 0 Å². The van der Waals surface area contributed by atoms with E-state index in [-0.39, 0.29) is 18.0 Å². The van der Waals surface area contributed by atoms with Crippen LogP contribution in [0.25, 0.3) is 0 Å². The maximum Gasteiger partial charge on any atom is 0.143 e. The minimum Gasteiger partial charge on any atom is -0.487 e. The zero-order valence-electron chi connectivity index (χ0n) is 7.76. The van der Waals surface area contributed by atoms with Crippen molar-refractivity contribution >= 4 is 11.6 Å². The molecule has 0 amide bonds. The van der Waals surface area contributed by atoms with Gasteiger partial charge in [0.1, 0.15) is 17.7 Å². The molecule has 0 fully saturated rings. The quantitative estimate of drug-likeness (QED) is 0.782. The molecule has 1 heterocycles. The second kappa shape index (κ2) is 3.41. The monoisotopic (exact) mass is 215 g/mol. The van der Waals surface area contributed by atoms with E-state index in [9.17, 15) is 4.39 Å². The summed E-state index contributed by atoms with van der Waals surface area (Å²) in [7, 11) is 0. The van der Waals surface area contributed by atoms with Gasteiger partial charge in [-0.15, -0.1) is 0 Å². The smallest absolute Gasteiger partial charge is 0.143 e. The van der Waals surface area contributed by atoms with Crippen LogP contribution in [0.3, 0.4) is 0 Å². The van der Waals surface area contributed by atoms with Crippen molar-refractivity contribution in [2.75, 3.05) is 0 Å². The predicted octanol–water partition coefficient (Wildman–Crippen LogP) is 2.65. The van der Waals surface area contributed by atoms with Gasteiger partial charge < -0.3 is 10.5 Å². The summed E-state index contributed by atoms with van der Waals surface area (Å²) in [4.78, 5) is 0. The topological polar surface area (TPSA) is 35.2 Å². The summed E-state index contributed by atoms with van der Waals surface area (Å²) >= 11 is 5.84. The molecule has 0 aliphatic carbocycles. The molecular formula is C10H11ClFNO. The fourth-order valence-electron chi connectivity index (χ4n) is 1.71. The number of nitrogens with two attached hydrogens (primary N) is 1. The maximum atomic E-state index is 13.0. The Labute approximate surface area is 86.8 Å². The lowest BCUT2D eigenvalue weighted by Crippen LogP contribution is -2.24. The average Bonchev–Trinajstić information content (AvgIpc) is 2.44. The molecule has 0 saturated heterocycles. The SMILES string of the molecule is CCC1Oc2c(Cl)cc(F)cc2C1N. The zero-order chi connectivity index (χ0) is 10.3. The number of rotatable bonds is 1. The van der Waals surface area contributed by atoms with Crippen molar-refractivity contribution in [1.82, 2.24) is 0 Å². The molecule has 0 radical (unpaired) electrons. The Hall–Kier alpha value is -0.800. The van der Waals surface area contributed by atoms with E-state index in [2.05, 4.69) is 0 Å². The van der Waals surface area contributed by atoms with Crippen molar-refractivity contribution in [2.24, 2.45) is 5.73 Å². The molecule has 2 nitrogen and oxygen atoms in total. The highest BCUT2D eigenvalue weighted by molar-refractivity contribution is 6.32. The van der Waals surface area contributed by atoms with Crippen LogP contribution in [0.15, 0.2) is 12.1 Å². The third-order valence-electron chi connectivity index (χ3n) is 2.47. The second-order valence-corrected chi connectivity index (χ2v) is 3.80. The first-order valence-corrected chi connectivity index (χ1v) is 4.92. The first kappa shape index (κ1) is 9.74. The lowest BCUT2D eigenvalue weighted by atomic mass is 10.0. The summed E-state index contributed by atoms with van der Waals surface area (Å²) in [5.74, 6) is 0.164.